The fourth-order valence-electron chi connectivity index (χ4n) is 1.34. The van der Waals surface area contributed by atoms with Gasteiger partial charge >= 0.3 is 0 Å². The molecule has 0 aromatic heterocycles. The first kappa shape index (κ1) is 15.1. The molecule has 18 heavy (non-hydrogen) atoms. The molecule has 4 N–H and O–H groups in total. The van der Waals surface area contributed by atoms with Gasteiger partial charge in [-0.3, -0.25) is 0 Å². The second-order valence-corrected chi connectivity index (χ2v) is 6.20. The van der Waals surface area contributed by atoms with E-state index in [1.54, 1.807) is 0 Å². The molecular formula is C12H21N3O2S. The first-order chi connectivity index (χ1) is 8.41. The SMILES string of the molecule is CC(C)CNS(=O)(=O)NCC(N)c1ccccc1. The van der Waals surface area contributed by atoms with Crippen LogP contribution in [0.1, 0.15) is 25.5 Å². The molecule has 0 saturated carbocycles. The highest BCUT2D eigenvalue weighted by Gasteiger charge is 2.12. The third-order valence-corrected chi connectivity index (χ3v) is 3.50. The van der Waals surface area contributed by atoms with Crippen LogP contribution in [0.4, 0.5) is 0 Å². The maximum Gasteiger partial charge on any atom is 0.276 e. The van der Waals surface area contributed by atoms with Gasteiger partial charge in [-0.05, 0) is 11.5 Å². The van der Waals surface area contributed by atoms with Gasteiger partial charge in [0.1, 0.15) is 0 Å². The predicted octanol–water partition coefficient (Wildman–Crippen LogP) is 0.766. The Morgan fingerprint density at radius 1 is 1.11 bits per heavy atom. The summed E-state index contributed by atoms with van der Waals surface area (Å²) in [5.74, 6) is 0.268. The zero-order chi connectivity index (χ0) is 13.6. The minimum Gasteiger partial charge on any atom is -0.323 e. The van der Waals surface area contributed by atoms with Crippen molar-refractivity contribution in [1.82, 2.24) is 9.44 Å². The molecule has 1 aromatic carbocycles. The topological polar surface area (TPSA) is 84.2 Å². The van der Waals surface area contributed by atoms with Crippen LogP contribution in [-0.4, -0.2) is 21.5 Å². The van der Waals surface area contributed by atoms with Gasteiger partial charge in [0, 0.05) is 19.1 Å². The van der Waals surface area contributed by atoms with E-state index in [9.17, 15) is 8.42 Å². The summed E-state index contributed by atoms with van der Waals surface area (Å²) in [4.78, 5) is 0. The molecule has 6 heteroatoms. The predicted molar refractivity (Wildman–Crippen MR) is 73.1 cm³/mol. The molecule has 102 valence electrons. The molecule has 5 nitrogen and oxygen atoms in total. The van der Waals surface area contributed by atoms with Crippen LogP contribution < -0.4 is 15.2 Å². The third kappa shape index (κ3) is 5.59. The van der Waals surface area contributed by atoms with E-state index in [2.05, 4.69) is 9.44 Å². The van der Waals surface area contributed by atoms with Crippen LogP contribution in [0.15, 0.2) is 30.3 Å². The Morgan fingerprint density at radius 2 is 1.67 bits per heavy atom. The smallest absolute Gasteiger partial charge is 0.276 e. The molecule has 0 aliphatic heterocycles. The lowest BCUT2D eigenvalue weighted by molar-refractivity contribution is 0.541. The molecule has 0 aliphatic carbocycles. The lowest BCUT2D eigenvalue weighted by Gasteiger charge is -2.14. The molecule has 0 heterocycles. The van der Waals surface area contributed by atoms with Gasteiger partial charge in [0.25, 0.3) is 10.2 Å². The summed E-state index contributed by atoms with van der Waals surface area (Å²) in [6.45, 7) is 4.48. The van der Waals surface area contributed by atoms with Crippen LogP contribution in [0.2, 0.25) is 0 Å². The highest BCUT2D eigenvalue weighted by Crippen LogP contribution is 2.08. The van der Waals surface area contributed by atoms with E-state index in [1.807, 2.05) is 44.2 Å². The Labute approximate surface area is 109 Å². The Balaban J connectivity index is 2.45. The Morgan fingerprint density at radius 3 is 2.22 bits per heavy atom. The number of hydrogen-bond donors (Lipinski definition) is 3. The van der Waals surface area contributed by atoms with Gasteiger partial charge in [-0.1, -0.05) is 44.2 Å². The summed E-state index contributed by atoms with van der Waals surface area (Å²) < 4.78 is 28.1. The van der Waals surface area contributed by atoms with Gasteiger partial charge in [-0.2, -0.15) is 8.42 Å². The molecule has 0 aliphatic rings. The van der Waals surface area contributed by atoms with E-state index in [0.29, 0.717) is 6.54 Å². The molecule has 0 saturated heterocycles. The Hall–Kier alpha value is -0.950. The quantitative estimate of drug-likeness (QED) is 0.685. The number of nitrogens with one attached hydrogen (secondary N) is 2. The van der Waals surface area contributed by atoms with Crippen molar-refractivity contribution in [3.63, 3.8) is 0 Å². The van der Waals surface area contributed by atoms with Gasteiger partial charge in [-0.25, -0.2) is 9.44 Å². The summed E-state index contributed by atoms with van der Waals surface area (Å²) in [5, 5.41) is 0. The van der Waals surface area contributed by atoms with E-state index < -0.39 is 10.2 Å². The average molecular weight is 271 g/mol. The number of rotatable bonds is 7. The van der Waals surface area contributed by atoms with Gasteiger partial charge in [-0.15, -0.1) is 0 Å². The van der Waals surface area contributed by atoms with E-state index in [4.69, 9.17) is 5.73 Å². The van der Waals surface area contributed by atoms with Crippen LogP contribution in [0.5, 0.6) is 0 Å². The zero-order valence-corrected chi connectivity index (χ0v) is 11.6. The fourth-order valence-corrected chi connectivity index (χ4v) is 2.40. The molecule has 1 atom stereocenters. The van der Waals surface area contributed by atoms with Gasteiger partial charge in [0.15, 0.2) is 0 Å². The monoisotopic (exact) mass is 271 g/mol. The minimum absolute atomic E-state index is 0.178. The van der Waals surface area contributed by atoms with Crippen LogP contribution >= 0.6 is 0 Å². The van der Waals surface area contributed by atoms with Gasteiger partial charge in [0.2, 0.25) is 0 Å². The van der Waals surface area contributed by atoms with Crippen molar-refractivity contribution in [3.05, 3.63) is 35.9 Å². The second kappa shape index (κ2) is 6.84. The maximum atomic E-state index is 11.6. The fraction of sp³-hybridized carbons (Fsp3) is 0.500. The molecule has 0 fully saturated rings. The van der Waals surface area contributed by atoms with Gasteiger partial charge in [0.05, 0.1) is 0 Å². The molecular weight excluding hydrogens is 250 g/mol. The average Bonchev–Trinajstić information content (AvgIpc) is 2.35. The summed E-state index contributed by atoms with van der Waals surface area (Å²) in [6.07, 6.45) is 0. The van der Waals surface area contributed by atoms with Crippen molar-refractivity contribution in [2.24, 2.45) is 11.7 Å². The summed E-state index contributed by atoms with van der Waals surface area (Å²) in [5.41, 5.74) is 6.81. The molecule has 1 unspecified atom stereocenters. The lowest BCUT2D eigenvalue weighted by atomic mass is 10.1. The molecule has 0 bridgehead atoms. The van der Waals surface area contributed by atoms with Gasteiger partial charge < -0.3 is 5.73 Å². The zero-order valence-electron chi connectivity index (χ0n) is 10.8. The normalized spacial score (nSPS) is 13.8. The maximum absolute atomic E-state index is 11.6. The largest absolute Gasteiger partial charge is 0.323 e. The molecule has 1 rings (SSSR count). The van der Waals surface area contributed by atoms with E-state index in [0.717, 1.165) is 5.56 Å². The molecule has 1 aromatic rings. The van der Waals surface area contributed by atoms with Crippen LogP contribution in [0.25, 0.3) is 0 Å². The van der Waals surface area contributed by atoms with Crippen molar-refractivity contribution < 1.29 is 8.42 Å². The van der Waals surface area contributed by atoms with Crippen LogP contribution in [0.3, 0.4) is 0 Å². The molecule has 0 spiro atoms. The van der Waals surface area contributed by atoms with Crippen LogP contribution in [0, 0.1) is 5.92 Å². The van der Waals surface area contributed by atoms with E-state index in [1.165, 1.54) is 0 Å². The molecule has 0 radical (unpaired) electrons. The third-order valence-electron chi connectivity index (χ3n) is 2.40. The van der Waals surface area contributed by atoms with Crippen molar-refractivity contribution in [2.45, 2.75) is 19.9 Å². The van der Waals surface area contributed by atoms with Crippen molar-refractivity contribution in [1.29, 1.82) is 0 Å². The Bertz CT molecular complexity index is 446. The first-order valence-corrected chi connectivity index (χ1v) is 7.44. The number of nitrogens with two attached hydrogens (primary N) is 1. The standard InChI is InChI=1S/C12H21N3O2S/c1-10(2)8-14-18(16,17)15-9-12(13)11-6-4-3-5-7-11/h3-7,10,12,14-15H,8-9,13H2,1-2H3. The highest BCUT2D eigenvalue weighted by molar-refractivity contribution is 7.87. The van der Waals surface area contributed by atoms with Crippen molar-refractivity contribution >= 4 is 10.2 Å². The van der Waals surface area contributed by atoms with E-state index in [-0.39, 0.29) is 18.5 Å². The van der Waals surface area contributed by atoms with Crippen LogP contribution in [-0.2, 0) is 10.2 Å². The summed E-state index contributed by atoms with van der Waals surface area (Å²) in [7, 11) is -3.46. The minimum atomic E-state index is -3.46. The highest BCUT2D eigenvalue weighted by atomic mass is 32.2. The molecule has 0 amide bonds. The van der Waals surface area contributed by atoms with E-state index >= 15 is 0 Å². The number of hydrogen-bond acceptors (Lipinski definition) is 3. The first-order valence-electron chi connectivity index (χ1n) is 5.95. The lowest BCUT2D eigenvalue weighted by Crippen LogP contribution is -2.41. The summed E-state index contributed by atoms with van der Waals surface area (Å²) >= 11 is 0. The Kier molecular flexibility index (Phi) is 5.74. The van der Waals surface area contributed by atoms with Crippen molar-refractivity contribution in [3.8, 4) is 0 Å². The van der Waals surface area contributed by atoms with Crippen molar-refractivity contribution in [2.75, 3.05) is 13.1 Å². The number of benzene rings is 1. The second-order valence-electron chi connectivity index (χ2n) is 4.61. The summed E-state index contributed by atoms with van der Waals surface area (Å²) in [6, 6.07) is 9.05.